The second kappa shape index (κ2) is 8.07. The van der Waals surface area contributed by atoms with Crippen LogP contribution >= 0.6 is 11.3 Å². The summed E-state index contributed by atoms with van der Waals surface area (Å²) < 4.78 is 5.28. The molecule has 1 aromatic heterocycles. The second-order valence-corrected chi connectivity index (χ2v) is 8.13. The molecule has 0 saturated carbocycles. The maximum Gasteiger partial charge on any atom is 0.308 e. The highest BCUT2D eigenvalue weighted by atomic mass is 32.1. The number of ether oxygens (including phenoxy) is 1. The van der Waals surface area contributed by atoms with Gasteiger partial charge in [0, 0.05) is 30.6 Å². The maximum atomic E-state index is 12.1. The molecular weight excluding hydrogens is 328 g/mol. The Balaban J connectivity index is 1.86. The normalized spacial score (nSPS) is 17.5. The van der Waals surface area contributed by atoms with Crippen LogP contribution in [-0.4, -0.2) is 41.7 Å². The number of thiazole rings is 1. The van der Waals surface area contributed by atoms with Gasteiger partial charge in [-0.2, -0.15) is 0 Å². The molecule has 0 spiro atoms. The van der Waals surface area contributed by atoms with E-state index in [1.54, 1.807) is 11.3 Å². The lowest BCUT2D eigenvalue weighted by atomic mass is 9.86. The molecule has 24 heavy (non-hydrogen) atoms. The van der Waals surface area contributed by atoms with Crippen molar-refractivity contribution in [1.82, 2.24) is 10.3 Å². The number of hydrogen-bond donors (Lipinski definition) is 2. The number of nitrogens with zero attached hydrogens (tertiary/aromatic N) is 1. The zero-order chi connectivity index (χ0) is 17.7. The van der Waals surface area contributed by atoms with Gasteiger partial charge in [-0.25, -0.2) is 4.98 Å². The molecule has 1 aliphatic heterocycles. The van der Waals surface area contributed by atoms with E-state index in [0.29, 0.717) is 13.2 Å². The van der Waals surface area contributed by atoms with Crippen molar-refractivity contribution in [2.24, 2.45) is 11.8 Å². The van der Waals surface area contributed by atoms with Gasteiger partial charge < -0.3 is 15.2 Å². The van der Waals surface area contributed by atoms with E-state index in [1.165, 1.54) is 0 Å². The lowest BCUT2D eigenvalue weighted by molar-refractivity contribution is -0.144. The highest BCUT2D eigenvalue weighted by molar-refractivity contribution is 7.09. The van der Waals surface area contributed by atoms with Gasteiger partial charge in [0.05, 0.1) is 23.0 Å². The summed E-state index contributed by atoms with van der Waals surface area (Å²) in [7, 11) is 0. The Bertz CT molecular complexity index is 573. The van der Waals surface area contributed by atoms with Gasteiger partial charge in [0.2, 0.25) is 5.91 Å². The quantitative estimate of drug-likeness (QED) is 0.818. The molecule has 0 aliphatic carbocycles. The van der Waals surface area contributed by atoms with Crippen molar-refractivity contribution in [3.05, 3.63) is 16.1 Å². The van der Waals surface area contributed by atoms with Crippen LogP contribution in [0.2, 0.25) is 0 Å². The fourth-order valence-corrected chi connectivity index (χ4v) is 3.66. The summed E-state index contributed by atoms with van der Waals surface area (Å²) in [5.74, 6) is -1.54. The summed E-state index contributed by atoms with van der Waals surface area (Å²) in [4.78, 5) is 28.1. The zero-order valence-electron chi connectivity index (χ0n) is 14.5. The minimum Gasteiger partial charge on any atom is -0.481 e. The first-order valence-electron chi connectivity index (χ1n) is 8.29. The molecule has 0 radical (unpaired) electrons. The molecule has 134 valence electrons. The Morgan fingerprint density at radius 2 is 2.08 bits per heavy atom. The minimum atomic E-state index is -0.856. The first kappa shape index (κ1) is 18.9. The van der Waals surface area contributed by atoms with Crippen LogP contribution in [0.5, 0.6) is 0 Å². The summed E-state index contributed by atoms with van der Waals surface area (Å²) in [6, 6.07) is 0. The lowest BCUT2D eigenvalue weighted by Crippen LogP contribution is -2.39. The lowest BCUT2D eigenvalue weighted by Gasteiger charge is -2.27. The third kappa shape index (κ3) is 5.27. The van der Waals surface area contributed by atoms with Crippen LogP contribution < -0.4 is 5.32 Å². The monoisotopic (exact) mass is 354 g/mol. The van der Waals surface area contributed by atoms with Crippen molar-refractivity contribution in [2.75, 3.05) is 19.8 Å². The number of aliphatic carboxylic acids is 1. The number of hydrogen-bond acceptors (Lipinski definition) is 5. The molecule has 2 rings (SSSR count). The standard InChI is InChI=1S/C17H26N2O4S/c1-17(2,3)16-19-12(10-24-16)8-14(20)18-9-13(15(21)22)11-4-6-23-7-5-11/h10-11,13H,4-9H2,1-3H3,(H,18,20)(H,21,22). The van der Waals surface area contributed by atoms with Gasteiger partial charge in [-0.3, -0.25) is 9.59 Å². The summed E-state index contributed by atoms with van der Waals surface area (Å²) in [5.41, 5.74) is 0.706. The molecule has 0 bridgehead atoms. The molecule has 1 fully saturated rings. The molecular formula is C17H26N2O4S. The van der Waals surface area contributed by atoms with Gasteiger partial charge in [-0.05, 0) is 18.8 Å². The van der Waals surface area contributed by atoms with E-state index >= 15 is 0 Å². The Morgan fingerprint density at radius 1 is 1.42 bits per heavy atom. The molecule has 6 nitrogen and oxygen atoms in total. The number of carbonyl (C=O) groups excluding carboxylic acids is 1. The Hall–Kier alpha value is -1.47. The van der Waals surface area contributed by atoms with Crippen LogP contribution in [0.25, 0.3) is 0 Å². The molecule has 7 heteroatoms. The largest absolute Gasteiger partial charge is 0.481 e. The number of carboxylic acid groups (broad SMARTS) is 1. The van der Waals surface area contributed by atoms with Gasteiger partial charge in [-0.1, -0.05) is 20.8 Å². The molecule has 2 heterocycles. The first-order valence-corrected chi connectivity index (χ1v) is 9.17. The molecule has 1 unspecified atom stereocenters. The van der Waals surface area contributed by atoms with E-state index in [2.05, 4.69) is 31.1 Å². The number of amides is 1. The average Bonchev–Trinajstić information content (AvgIpc) is 2.97. The molecule has 1 saturated heterocycles. The van der Waals surface area contributed by atoms with E-state index in [9.17, 15) is 14.7 Å². The van der Waals surface area contributed by atoms with Gasteiger partial charge in [0.15, 0.2) is 0 Å². The molecule has 1 aromatic rings. The van der Waals surface area contributed by atoms with Crippen molar-refractivity contribution >= 4 is 23.2 Å². The Morgan fingerprint density at radius 3 is 2.62 bits per heavy atom. The SMILES string of the molecule is CC(C)(C)c1nc(CC(=O)NCC(C(=O)O)C2CCOCC2)cs1. The van der Waals surface area contributed by atoms with Crippen LogP contribution in [0.1, 0.15) is 44.3 Å². The molecule has 1 atom stereocenters. The maximum absolute atomic E-state index is 12.1. The third-order valence-corrected chi connectivity index (χ3v) is 5.52. The van der Waals surface area contributed by atoms with Gasteiger partial charge in [0.25, 0.3) is 0 Å². The van der Waals surface area contributed by atoms with Crippen LogP contribution in [0.4, 0.5) is 0 Å². The fraction of sp³-hybridized carbons (Fsp3) is 0.706. The van der Waals surface area contributed by atoms with Crippen molar-refractivity contribution in [1.29, 1.82) is 0 Å². The molecule has 0 aromatic carbocycles. The number of carboxylic acids is 1. The van der Waals surface area contributed by atoms with Gasteiger partial charge in [0.1, 0.15) is 0 Å². The van der Waals surface area contributed by atoms with Gasteiger partial charge in [-0.15, -0.1) is 11.3 Å². The van der Waals surface area contributed by atoms with Crippen molar-refractivity contribution < 1.29 is 19.4 Å². The smallest absolute Gasteiger partial charge is 0.308 e. The molecule has 2 N–H and O–H groups in total. The summed E-state index contributed by atoms with van der Waals surface area (Å²) in [5, 5.41) is 15.1. The van der Waals surface area contributed by atoms with Crippen molar-refractivity contribution in [2.45, 2.75) is 45.4 Å². The summed E-state index contributed by atoms with van der Waals surface area (Å²) >= 11 is 1.55. The van der Waals surface area contributed by atoms with Crippen molar-refractivity contribution in [3.8, 4) is 0 Å². The van der Waals surface area contributed by atoms with E-state index in [4.69, 9.17) is 4.74 Å². The van der Waals surface area contributed by atoms with E-state index in [0.717, 1.165) is 23.5 Å². The topological polar surface area (TPSA) is 88.5 Å². The van der Waals surface area contributed by atoms with Crippen LogP contribution in [-0.2, 0) is 26.2 Å². The van der Waals surface area contributed by atoms with Crippen LogP contribution in [0.15, 0.2) is 5.38 Å². The van der Waals surface area contributed by atoms with Gasteiger partial charge >= 0.3 is 5.97 Å². The van der Waals surface area contributed by atoms with Crippen LogP contribution in [0, 0.1) is 11.8 Å². The Kier molecular flexibility index (Phi) is 6.34. The minimum absolute atomic E-state index is 0.0309. The number of carbonyl (C=O) groups is 2. The summed E-state index contributed by atoms with van der Waals surface area (Å²) in [6.45, 7) is 7.60. The number of rotatable bonds is 6. The van der Waals surface area contributed by atoms with E-state index in [-0.39, 0.29) is 30.2 Å². The van der Waals surface area contributed by atoms with E-state index < -0.39 is 11.9 Å². The highest BCUT2D eigenvalue weighted by Gasteiger charge is 2.30. The average molecular weight is 354 g/mol. The van der Waals surface area contributed by atoms with E-state index in [1.807, 2.05) is 5.38 Å². The number of nitrogens with one attached hydrogen (secondary N) is 1. The van der Waals surface area contributed by atoms with Crippen LogP contribution in [0.3, 0.4) is 0 Å². The van der Waals surface area contributed by atoms with Crippen molar-refractivity contribution in [3.63, 3.8) is 0 Å². The fourth-order valence-electron chi connectivity index (χ4n) is 2.76. The first-order chi connectivity index (χ1) is 11.3. The molecule has 1 amide bonds. The summed E-state index contributed by atoms with van der Waals surface area (Å²) in [6.07, 6.45) is 1.65. The predicted molar refractivity (Wildman–Crippen MR) is 92.2 cm³/mol. The predicted octanol–water partition coefficient (Wildman–Crippen LogP) is 2.23. The second-order valence-electron chi connectivity index (χ2n) is 7.27. The highest BCUT2D eigenvalue weighted by Crippen LogP contribution is 2.26. The zero-order valence-corrected chi connectivity index (χ0v) is 15.3. The third-order valence-electron chi connectivity index (χ3n) is 4.21. The Labute approximate surface area is 146 Å². The molecule has 1 aliphatic rings. The number of aromatic nitrogens is 1.